The Morgan fingerprint density at radius 2 is 2.14 bits per heavy atom. The SMILES string of the molecule is CC(CO)NC1(C(=O)O)CCSCC1. The molecular weight excluding hydrogens is 202 g/mol. The zero-order valence-corrected chi connectivity index (χ0v) is 9.14. The molecule has 0 aliphatic carbocycles. The molecule has 1 atom stereocenters. The van der Waals surface area contributed by atoms with Gasteiger partial charge in [-0.3, -0.25) is 10.1 Å². The van der Waals surface area contributed by atoms with Crippen molar-refractivity contribution in [2.75, 3.05) is 18.1 Å². The quantitative estimate of drug-likeness (QED) is 0.635. The highest BCUT2D eigenvalue weighted by atomic mass is 32.2. The lowest BCUT2D eigenvalue weighted by Gasteiger charge is -2.35. The molecule has 1 aliphatic rings. The molecule has 82 valence electrons. The molecule has 1 saturated heterocycles. The molecule has 1 aliphatic heterocycles. The van der Waals surface area contributed by atoms with Crippen molar-refractivity contribution < 1.29 is 15.0 Å². The second-order valence-corrected chi connectivity index (χ2v) is 4.95. The summed E-state index contributed by atoms with van der Waals surface area (Å²) >= 11 is 1.78. The third-order valence-corrected chi connectivity index (χ3v) is 3.54. The minimum Gasteiger partial charge on any atom is -0.480 e. The molecule has 5 heteroatoms. The Labute approximate surface area is 88.1 Å². The molecule has 14 heavy (non-hydrogen) atoms. The Morgan fingerprint density at radius 1 is 1.57 bits per heavy atom. The Bertz CT molecular complexity index is 204. The number of aliphatic hydroxyl groups is 1. The maximum absolute atomic E-state index is 11.2. The number of aliphatic hydroxyl groups excluding tert-OH is 1. The molecule has 0 saturated carbocycles. The first kappa shape index (κ1) is 11.8. The maximum atomic E-state index is 11.2. The number of nitrogens with one attached hydrogen (secondary N) is 1. The van der Waals surface area contributed by atoms with Crippen molar-refractivity contribution in [1.29, 1.82) is 0 Å². The summed E-state index contributed by atoms with van der Waals surface area (Å²) in [5.74, 6) is 0.952. The third kappa shape index (κ3) is 2.62. The van der Waals surface area contributed by atoms with Crippen LogP contribution in [-0.4, -0.2) is 45.9 Å². The summed E-state index contributed by atoms with van der Waals surface area (Å²) < 4.78 is 0. The van der Waals surface area contributed by atoms with Crippen molar-refractivity contribution in [2.24, 2.45) is 0 Å². The molecule has 0 bridgehead atoms. The first-order chi connectivity index (χ1) is 6.60. The molecule has 0 amide bonds. The van der Waals surface area contributed by atoms with Gasteiger partial charge in [-0.15, -0.1) is 0 Å². The average Bonchev–Trinajstić information content (AvgIpc) is 2.19. The minimum absolute atomic E-state index is 0.0256. The molecule has 0 aromatic carbocycles. The molecule has 4 nitrogen and oxygen atoms in total. The fraction of sp³-hybridized carbons (Fsp3) is 0.889. The van der Waals surface area contributed by atoms with Crippen molar-refractivity contribution in [3.8, 4) is 0 Å². The number of carbonyl (C=O) groups is 1. The summed E-state index contributed by atoms with van der Waals surface area (Å²) in [5.41, 5.74) is -0.812. The van der Waals surface area contributed by atoms with Gasteiger partial charge in [-0.1, -0.05) is 0 Å². The van der Waals surface area contributed by atoms with Crippen molar-refractivity contribution in [3.63, 3.8) is 0 Å². The van der Waals surface area contributed by atoms with Crippen LogP contribution in [0, 0.1) is 0 Å². The van der Waals surface area contributed by atoms with Gasteiger partial charge in [0.2, 0.25) is 0 Å². The van der Waals surface area contributed by atoms with Gasteiger partial charge in [-0.25, -0.2) is 0 Å². The molecule has 0 spiro atoms. The molecule has 1 fully saturated rings. The lowest BCUT2D eigenvalue weighted by Crippen LogP contribution is -2.58. The van der Waals surface area contributed by atoms with E-state index in [4.69, 9.17) is 5.11 Å². The van der Waals surface area contributed by atoms with E-state index in [0.29, 0.717) is 12.8 Å². The fourth-order valence-corrected chi connectivity index (χ4v) is 2.85. The van der Waals surface area contributed by atoms with Crippen LogP contribution in [-0.2, 0) is 4.79 Å². The monoisotopic (exact) mass is 219 g/mol. The Morgan fingerprint density at radius 3 is 2.57 bits per heavy atom. The molecular formula is C9H17NO3S. The topological polar surface area (TPSA) is 69.6 Å². The van der Waals surface area contributed by atoms with Crippen LogP contribution in [0.2, 0.25) is 0 Å². The summed E-state index contributed by atoms with van der Waals surface area (Å²) in [6.07, 6.45) is 1.27. The average molecular weight is 219 g/mol. The summed E-state index contributed by atoms with van der Waals surface area (Å²) in [6.45, 7) is 1.77. The minimum atomic E-state index is -0.812. The van der Waals surface area contributed by atoms with Crippen LogP contribution in [0.15, 0.2) is 0 Å². The molecule has 0 radical (unpaired) electrons. The fourth-order valence-electron chi connectivity index (χ4n) is 1.66. The van der Waals surface area contributed by atoms with E-state index < -0.39 is 11.5 Å². The molecule has 1 rings (SSSR count). The number of rotatable bonds is 4. The van der Waals surface area contributed by atoms with E-state index in [0.717, 1.165) is 11.5 Å². The molecule has 3 N–H and O–H groups in total. The number of aliphatic carboxylic acids is 1. The third-order valence-electron chi connectivity index (χ3n) is 2.55. The Kier molecular flexibility index (Phi) is 4.22. The number of carboxylic acid groups (broad SMARTS) is 1. The Hall–Kier alpha value is -0.260. The standard InChI is InChI=1S/C9H17NO3S/c1-7(6-11)10-9(8(12)13)2-4-14-5-3-9/h7,10-11H,2-6H2,1H3,(H,12,13). The predicted molar refractivity (Wildman–Crippen MR) is 56.6 cm³/mol. The lowest BCUT2D eigenvalue weighted by molar-refractivity contribution is -0.145. The largest absolute Gasteiger partial charge is 0.480 e. The second kappa shape index (κ2) is 5.00. The summed E-state index contributed by atoms with van der Waals surface area (Å²) in [4.78, 5) is 11.2. The van der Waals surface area contributed by atoms with E-state index in [9.17, 15) is 9.90 Å². The van der Waals surface area contributed by atoms with E-state index in [1.54, 1.807) is 18.7 Å². The van der Waals surface area contributed by atoms with Crippen molar-refractivity contribution >= 4 is 17.7 Å². The van der Waals surface area contributed by atoms with Gasteiger partial charge in [0.15, 0.2) is 0 Å². The van der Waals surface area contributed by atoms with Crippen molar-refractivity contribution in [2.45, 2.75) is 31.3 Å². The van der Waals surface area contributed by atoms with Crippen LogP contribution in [0.1, 0.15) is 19.8 Å². The van der Waals surface area contributed by atoms with E-state index in [1.165, 1.54) is 0 Å². The zero-order chi connectivity index (χ0) is 10.6. The van der Waals surface area contributed by atoms with E-state index in [-0.39, 0.29) is 12.6 Å². The van der Waals surface area contributed by atoms with Gasteiger partial charge in [0, 0.05) is 6.04 Å². The highest BCUT2D eigenvalue weighted by molar-refractivity contribution is 7.99. The molecule has 0 aromatic rings. The van der Waals surface area contributed by atoms with Gasteiger partial charge in [0.05, 0.1) is 6.61 Å². The van der Waals surface area contributed by atoms with Crippen LogP contribution in [0.3, 0.4) is 0 Å². The number of hydrogen-bond acceptors (Lipinski definition) is 4. The van der Waals surface area contributed by atoms with E-state index in [2.05, 4.69) is 5.32 Å². The highest BCUT2D eigenvalue weighted by Gasteiger charge is 2.40. The number of carboxylic acids is 1. The van der Waals surface area contributed by atoms with Gasteiger partial charge in [-0.2, -0.15) is 11.8 Å². The van der Waals surface area contributed by atoms with Crippen LogP contribution >= 0.6 is 11.8 Å². The predicted octanol–water partition coefficient (Wildman–Crippen LogP) is 0.307. The zero-order valence-electron chi connectivity index (χ0n) is 8.32. The molecule has 1 unspecified atom stereocenters. The molecule has 1 heterocycles. The maximum Gasteiger partial charge on any atom is 0.323 e. The number of thioether (sulfide) groups is 1. The van der Waals surface area contributed by atoms with Crippen LogP contribution in [0.5, 0.6) is 0 Å². The first-order valence-electron chi connectivity index (χ1n) is 4.80. The lowest BCUT2D eigenvalue weighted by atomic mass is 9.91. The van der Waals surface area contributed by atoms with Crippen LogP contribution in [0.4, 0.5) is 0 Å². The smallest absolute Gasteiger partial charge is 0.323 e. The summed E-state index contributed by atoms with van der Waals surface area (Å²) in [7, 11) is 0. The highest BCUT2D eigenvalue weighted by Crippen LogP contribution is 2.27. The van der Waals surface area contributed by atoms with Gasteiger partial charge in [0.25, 0.3) is 0 Å². The van der Waals surface area contributed by atoms with Gasteiger partial charge in [-0.05, 0) is 31.3 Å². The van der Waals surface area contributed by atoms with E-state index >= 15 is 0 Å². The van der Waals surface area contributed by atoms with E-state index in [1.807, 2.05) is 0 Å². The molecule has 0 aromatic heterocycles. The van der Waals surface area contributed by atoms with Gasteiger partial charge < -0.3 is 10.2 Å². The second-order valence-electron chi connectivity index (χ2n) is 3.73. The van der Waals surface area contributed by atoms with Crippen LogP contribution in [0.25, 0.3) is 0 Å². The Balaban J connectivity index is 2.65. The van der Waals surface area contributed by atoms with Crippen LogP contribution < -0.4 is 5.32 Å². The number of hydrogen-bond donors (Lipinski definition) is 3. The summed E-state index contributed by atoms with van der Waals surface area (Å²) in [5, 5.41) is 21.1. The van der Waals surface area contributed by atoms with Gasteiger partial charge in [0.1, 0.15) is 5.54 Å². The normalized spacial score (nSPS) is 23.0. The first-order valence-corrected chi connectivity index (χ1v) is 5.96. The van der Waals surface area contributed by atoms with Crippen molar-refractivity contribution in [1.82, 2.24) is 5.32 Å². The van der Waals surface area contributed by atoms with Gasteiger partial charge >= 0.3 is 5.97 Å². The van der Waals surface area contributed by atoms with Crippen molar-refractivity contribution in [3.05, 3.63) is 0 Å². The summed E-state index contributed by atoms with van der Waals surface area (Å²) in [6, 6.07) is -0.158.